The van der Waals surface area contributed by atoms with Gasteiger partial charge in [0.05, 0.1) is 17.3 Å². The molecule has 0 atom stereocenters. The Kier molecular flexibility index (Phi) is 5.71. The van der Waals surface area contributed by atoms with E-state index < -0.39 is 5.97 Å². The molecular weight excluding hydrogens is 412 g/mol. The van der Waals surface area contributed by atoms with Crippen LogP contribution in [-0.4, -0.2) is 36.8 Å². The van der Waals surface area contributed by atoms with Crippen molar-refractivity contribution >= 4 is 44.8 Å². The van der Waals surface area contributed by atoms with E-state index in [0.29, 0.717) is 22.3 Å². The number of esters is 1. The number of aromatic nitrogens is 1. The molecule has 0 radical (unpaired) electrons. The van der Waals surface area contributed by atoms with Gasteiger partial charge in [0.2, 0.25) is 0 Å². The zero-order valence-electron chi connectivity index (χ0n) is 14.8. The van der Waals surface area contributed by atoms with Crippen molar-refractivity contribution in [1.82, 2.24) is 4.57 Å². The number of halogens is 1. The molecule has 0 aliphatic carbocycles. The fourth-order valence-electron chi connectivity index (χ4n) is 3.01. The van der Waals surface area contributed by atoms with Gasteiger partial charge in [0.25, 0.3) is 0 Å². The van der Waals surface area contributed by atoms with Gasteiger partial charge < -0.3 is 14.1 Å². The first kappa shape index (κ1) is 18.8. The molecular formula is C20H17BrN2O4. The lowest BCUT2D eigenvalue weighted by molar-refractivity contribution is -0.132. The molecule has 2 aromatic carbocycles. The zero-order chi connectivity index (χ0) is 19.4. The number of oxime groups is 1. The third-order valence-corrected chi connectivity index (χ3v) is 5.08. The summed E-state index contributed by atoms with van der Waals surface area (Å²) in [7, 11) is 2.67. The van der Waals surface area contributed by atoms with Crippen LogP contribution in [0.5, 0.6) is 0 Å². The maximum Gasteiger partial charge on any atom is 0.360 e. The van der Waals surface area contributed by atoms with E-state index in [9.17, 15) is 9.59 Å². The minimum atomic E-state index is -0.589. The van der Waals surface area contributed by atoms with Crippen LogP contribution in [0.25, 0.3) is 10.9 Å². The number of aldehydes is 1. The fourth-order valence-corrected chi connectivity index (χ4v) is 3.63. The fraction of sp³-hybridized carbons (Fsp3) is 0.150. The van der Waals surface area contributed by atoms with Crippen LogP contribution in [-0.2, 0) is 20.9 Å². The number of nitrogens with zero attached hydrogens (tertiary/aromatic N) is 2. The highest BCUT2D eigenvalue weighted by Gasteiger charge is 2.21. The van der Waals surface area contributed by atoms with E-state index in [4.69, 9.17) is 9.57 Å². The molecule has 0 unspecified atom stereocenters. The van der Waals surface area contributed by atoms with Gasteiger partial charge in [0, 0.05) is 23.0 Å². The van der Waals surface area contributed by atoms with Crippen LogP contribution in [0.15, 0.2) is 58.3 Å². The number of carbonyl (C=O) groups is 2. The second-order valence-corrected chi connectivity index (χ2v) is 6.45. The minimum Gasteiger partial charge on any atom is -0.464 e. The summed E-state index contributed by atoms with van der Waals surface area (Å²) >= 11 is 3.53. The molecule has 0 aliphatic heterocycles. The molecule has 1 heterocycles. The van der Waals surface area contributed by atoms with Crippen molar-refractivity contribution in [2.24, 2.45) is 5.16 Å². The zero-order valence-corrected chi connectivity index (χ0v) is 16.4. The van der Waals surface area contributed by atoms with Crippen molar-refractivity contribution in [3.8, 4) is 0 Å². The van der Waals surface area contributed by atoms with Gasteiger partial charge in [-0.25, -0.2) is 4.79 Å². The third-order valence-electron chi connectivity index (χ3n) is 4.22. The largest absolute Gasteiger partial charge is 0.464 e. The number of hydrogen-bond acceptors (Lipinski definition) is 5. The maximum absolute atomic E-state index is 12.1. The van der Waals surface area contributed by atoms with Gasteiger partial charge >= 0.3 is 5.97 Å². The molecule has 0 bridgehead atoms. The van der Waals surface area contributed by atoms with E-state index in [2.05, 4.69) is 21.1 Å². The van der Waals surface area contributed by atoms with Crippen LogP contribution < -0.4 is 0 Å². The summed E-state index contributed by atoms with van der Waals surface area (Å²) in [5.41, 5.74) is 3.01. The molecule has 0 aliphatic rings. The van der Waals surface area contributed by atoms with E-state index in [1.165, 1.54) is 14.2 Å². The number of rotatable bonds is 6. The standard InChI is InChI=1S/C20H17BrN2O4/c1-26-20(25)18(22-27-2)14-8-4-3-7-13(14)11-23-17-10-6-5-9-15(17)16(12-24)19(23)21/h3-10,12H,11H2,1-2H3. The molecule has 0 saturated carbocycles. The van der Waals surface area contributed by atoms with Gasteiger partial charge in [-0.05, 0) is 27.6 Å². The summed E-state index contributed by atoms with van der Waals surface area (Å²) in [6, 6.07) is 15.0. The summed E-state index contributed by atoms with van der Waals surface area (Å²) in [5, 5.41) is 4.70. The number of hydrogen-bond donors (Lipinski definition) is 0. The Balaban J connectivity index is 2.15. The van der Waals surface area contributed by atoms with Crippen molar-refractivity contribution in [2.75, 3.05) is 14.2 Å². The molecule has 0 spiro atoms. The second-order valence-electron chi connectivity index (χ2n) is 5.70. The highest BCUT2D eigenvalue weighted by Crippen LogP contribution is 2.30. The lowest BCUT2D eigenvalue weighted by Gasteiger charge is -2.13. The minimum absolute atomic E-state index is 0.0822. The summed E-state index contributed by atoms with van der Waals surface area (Å²) in [4.78, 5) is 28.5. The first-order valence-corrected chi connectivity index (χ1v) is 8.91. The predicted molar refractivity (Wildman–Crippen MR) is 106 cm³/mol. The second kappa shape index (κ2) is 8.18. The molecule has 0 N–H and O–H groups in total. The topological polar surface area (TPSA) is 69.9 Å². The van der Waals surface area contributed by atoms with E-state index >= 15 is 0 Å². The normalized spacial score (nSPS) is 11.4. The number of ether oxygens (including phenoxy) is 1. The van der Waals surface area contributed by atoms with E-state index in [0.717, 1.165) is 22.8 Å². The van der Waals surface area contributed by atoms with Crippen molar-refractivity contribution in [2.45, 2.75) is 6.54 Å². The quantitative estimate of drug-likeness (QED) is 0.259. The lowest BCUT2D eigenvalue weighted by Crippen LogP contribution is -2.20. The highest BCUT2D eigenvalue weighted by atomic mass is 79.9. The maximum atomic E-state index is 12.1. The summed E-state index contributed by atoms with van der Waals surface area (Å²) in [6.45, 7) is 0.421. The molecule has 138 valence electrons. The Labute approximate surface area is 164 Å². The monoisotopic (exact) mass is 428 g/mol. The van der Waals surface area contributed by atoms with Crippen LogP contribution in [0.4, 0.5) is 0 Å². The lowest BCUT2D eigenvalue weighted by atomic mass is 10.0. The van der Waals surface area contributed by atoms with Gasteiger partial charge in [-0.2, -0.15) is 0 Å². The van der Waals surface area contributed by atoms with Gasteiger partial charge in [0.1, 0.15) is 7.11 Å². The molecule has 1 aromatic heterocycles. The Morgan fingerprint density at radius 1 is 1.15 bits per heavy atom. The van der Waals surface area contributed by atoms with Crippen LogP contribution in [0.2, 0.25) is 0 Å². The van der Waals surface area contributed by atoms with Crippen LogP contribution in [0, 0.1) is 0 Å². The van der Waals surface area contributed by atoms with Crippen LogP contribution in [0.1, 0.15) is 21.5 Å². The van der Waals surface area contributed by atoms with Gasteiger partial charge in [-0.3, -0.25) is 4.79 Å². The molecule has 0 fully saturated rings. The molecule has 0 saturated heterocycles. The summed E-state index contributed by atoms with van der Waals surface area (Å²) < 4.78 is 7.48. The van der Waals surface area contributed by atoms with Crippen LogP contribution >= 0.6 is 15.9 Å². The number of carbonyl (C=O) groups excluding carboxylic acids is 2. The molecule has 3 aromatic rings. The number of methoxy groups -OCH3 is 1. The van der Waals surface area contributed by atoms with E-state index in [1.807, 2.05) is 47.0 Å². The van der Waals surface area contributed by atoms with Crippen molar-refractivity contribution < 1.29 is 19.2 Å². The van der Waals surface area contributed by atoms with Gasteiger partial charge in [0.15, 0.2) is 12.0 Å². The Hall–Kier alpha value is -2.93. The Morgan fingerprint density at radius 3 is 2.56 bits per heavy atom. The Morgan fingerprint density at radius 2 is 1.85 bits per heavy atom. The van der Waals surface area contributed by atoms with Crippen LogP contribution in [0.3, 0.4) is 0 Å². The molecule has 3 rings (SSSR count). The summed E-state index contributed by atoms with van der Waals surface area (Å²) in [5.74, 6) is -0.589. The van der Waals surface area contributed by atoms with E-state index in [1.54, 1.807) is 6.07 Å². The molecule has 7 heteroatoms. The summed E-state index contributed by atoms with van der Waals surface area (Å²) in [6.07, 6.45) is 0.834. The highest BCUT2D eigenvalue weighted by molar-refractivity contribution is 9.10. The molecule has 0 amide bonds. The first-order valence-electron chi connectivity index (χ1n) is 8.12. The third kappa shape index (κ3) is 3.50. The molecule has 27 heavy (non-hydrogen) atoms. The smallest absolute Gasteiger partial charge is 0.360 e. The van der Waals surface area contributed by atoms with Gasteiger partial charge in [-0.15, -0.1) is 0 Å². The molecule has 6 nitrogen and oxygen atoms in total. The number of para-hydroxylation sites is 1. The SMILES string of the molecule is CON=C(C(=O)OC)c1ccccc1Cn1c(Br)c(C=O)c2ccccc21. The van der Waals surface area contributed by atoms with Crippen molar-refractivity contribution in [3.05, 3.63) is 69.8 Å². The number of benzene rings is 2. The first-order chi connectivity index (χ1) is 13.1. The average Bonchev–Trinajstić information content (AvgIpc) is 2.97. The van der Waals surface area contributed by atoms with E-state index in [-0.39, 0.29) is 5.71 Å². The van der Waals surface area contributed by atoms with Crippen molar-refractivity contribution in [1.29, 1.82) is 0 Å². The van der Waals surface area contributed by atoms with Gasteiger partial charge in [-0.1, -0.05) is 47.6 Å². The number of fused-ring (bicyclic) bond motifs is 1. The average molecular weight is 429 g/mol. The van der Waals surface area contributed by atoms with Crippen molar-refractivity contribution in [3.63, 3.8) is 0 Å². The Bertz CT molecular complexity index is 1040. The predicted octanol–water partition coefficient (Wildman–Crippen LogP) is 3.79.